The molecule has 2 amide bonds. The van der Waals surface area contributed by atoms with Crippen molar-refractivity contribution in [2.24, 2.45) is 0 Å². The van der Waals surface area contributed by atoms with Gasteiger partial charge >= 0.3 is 12.1 Å². The van der Waals surface area contributed by atoms with Gasteiger partial charge in [0.25, 0.3) is 5.91 Å². The predicted molar refractivity (Wildman–Crippen MR) is 106 cm³/mol. The highest BCUT2D eigenvalue weighted by atomic mass is 19.1. The minimum atomic E-state index is -0.820. The average Bonchev–Trinajstić information content (AvgIpc) is 3.19. The third-order valence-corrected chi connectivity index (χ3v) is 5.54. The van der Waals surface area contributed by atoms with Crippen molar-refractivity contribution in [1.82, 2.24) is 14.8 Å². The van der Waals surface area contributed by atoms with Gasteiger partial charge in [0.15, 0.2) is 6.04 Å². The Morgan fingerprint density at radius 3 is 2.58 bits per heavy atom. The Labute approximate surface area is 178 Å². The number of cyclic esters (lactones) is 1. The van der Waals surface area contributed by atoms with Crippen LogP contribution >= 0.6 is 0 Å². The summed E-state index contributed by atoms with van der Waals surface area (Å²) in [4.78, 5) is 43.9. The van der Waals surface area contributed by atoms with E-state index in [0.29, 0.717) is 25.9 Å². The van der Waals surface area contributed by atoms with Crippen molar-refractivity contribution < 1.29 is 28.2 Å². The molecular formula is C22H22FN3O5. The first-order chi connectivity index (χ1) is 15.0. The normalized spacial score (nSPS) is 19.3. The van der Waals surface area contributed by atoms with Gasteiger partial charge in [0.05, 0.1) is 5.56 Å². The van der Waals surface area contributed by atoms with E-state index in [0.717, 1.165) is 5.56 Å². The highest BCUT2D eigenvalue weighted by molar-refractivity contribution is 5.94. The topological polar surface area (TPSA) is 89.0 Å². The molecule has 0 saturated carbocycles. The summed E-state index contributed by atoms with van der Waals surface area (Å²) in [6.45, 7) is 0.703. The molecule has 1 unspecified atom stereocenters. The van der Waals surface area contributed by atoms with Crippen LogP contribution in [0.5, 0.6) is 0 Å². The lowest BCUT2D eigenvalue weighted by atomic mass is 10.0. The van der Waals surface area contributed by atoms with E-state index in [1.807, 2.05) is 30.3 Å². The van der Waals surface area contributed by atoms with Crippen LogP contribution in [0.15, 0.2) is 48.7 Å². The number of pyridine rings is 1. The van der Waals surface area contributed by atoms with E-state index in [2.05, 4.69) is 4.98 Å². The minimum Gasteiger partial charge on any atom is -0.459 e. The molecule has 2 fully saturated rings. The van der Waals surface area contributed by atoms with Gasteiger partial charge in [-0.25, -0.2) is 14.6 Å². The van der Waals surface area contributed by atoms with Gasteiger partial charge in [-0.3, -0.25) is 9.69 Å². The summed E-state index contributed by atoms with van der Waals surface area (Å²) in [5.74, 6) is -1.77. The molecule has 0 N–H and O–H groups in total. The second-order valence-electron chi connectivity index (χ2n) is 7.46. The summed E-state index contributed by atoms with van der Waals surface area (Å²) in [6.07, 6.45) is 1.62. The maximum atomic E-state index is 13.8. The highest BCUT2D eigenvalue weighted by Crippen LogP contribution is 2.26. The molecule has 2 aliphatic heterocycles. The number of esters is 1. The predicted octanol–water partition coefficient (Wildman–Crippen LogP) is 2.39. The molecule has 3 heterocycles. The molecule has 0 spiro atoms. The Bertz CT molecular complexity index is 963. The lowest BCUT2D eigenvalue weighted by Gasteiger charge is -2.37. The van der Waals surface area contributed by atoms with Crippen LogP contribution in [0.25, 0.3) is 0 Å². The van der Waals surface area contributed by atoms with Crippen LogP contribution in [0.1, 0.15) is 28.8 Å². The monoisotopic (exact) mass is 427 g/mol. The van der Waals surface area contributed by atoms with Gasteiger partial charge in [-0.05, 0) is 30.5 Å². The molecule has 4 rings (SSSR count). The molecule has 162 valence electrons. The number of carbonyl (C=O) groups is 3. The number of rotatable bonds is 5. The smallest absolute Gasteiger partial charge is 0.410 e. The quantitative estimate of drug-likeness (QED) is 0.538. The van der Waals surface area contributed by atoms with Crippen molar-refractivity contribution in [3.8, 4) is 0 Å². The number of ether oxygens (including phenoxy) is 2. The summed E-state index contributed by atoms with van der Waals surface area (Å²) >= 11 is 0. The zero-order valence-electron chi connectivity index (χ0n) is 16.8. The molecule has 9 heteroatoms. The Hall–Kier alpha value is -3.49. The molecule has 0 aliphatic carbocycles. The summed E-state index contributed by atoms with van der Waals surface area (Å²) < 4.78 is 24.3. The van der Waals surface area contributed by atoms with Crippen molar-refractivity contribution in [2.45, 2.75) is 31.5 Å². The van der Waals surface area contributed by atoms with Crippen LogP contribution in [-0.2, 0) is 20.9 Å². The van der Waals surface area contributed by atoms with Crippen LogP contribution in [0.3, 0.4) is 0 Å². The molecule has 2 aromatic rings. The highest BCUT2D eigenvalue weighted by Gasteiger charge is 2.44. The standard InChI is InChI=1S/C22H22FN3O5/c23-19-17(7-4-10-24-19)20(27)25-11-8-16(9-12-25)26-18(14-31-22(26)29)21(28)30-13-15-5-2-1-3-6-15/h1-7,10,16,18H,8-9,11-14H2. The second kappa shape index (κ2) is 9.11. The summed E-state index contributed by atoms with van der Waals surface area (Å²) in [5.41, 5.74) is 0.769. The van der Waals surface area contributed by atoms with Gasteiger partial charge in [0.1, 0.15) is 13.2 Å². The molecule has 31 heavy (non-hydrogen) atoms. The average molecular weight is 427 g/mol. The number of hydrogen-bond donors (Lipinski definition) is 0. The van der Waals surface area contributed by atoms with Crippen molar-refractivity contribution in [2.75, 3.05) is 19.7 Å². The zero-order valence-corrected chi connectivity index (χ0v) is 16.8. The van der Waals surface area contributed by atoms with E-state index in [1.165, 1.54) is 28.1 Å². The van der Waals surface area contributed by atoms with Crippen molar-refractivity contribution >= 4 is 18.0 Å². The lowest BCUT2D eigenvalue weighted by Crippen LogP contribution is -2.52. The zero-order chi connectivity index (χ0) is 21.8. The molecule has 2 aliphatic rings. The number of carbonyl (C=O) groups excluding carboxylic acids is 3. The Morgan fingerprint density at radius 2 is 1.87 bits per heavy atom. The minimum absolute atomic E-state index is 0.0630. The lowest BCUT2D eigenvalue weighted by molar-refractivity contribution is -0.150. The van der Waals surface area contributed by atoms with Crippen LogP contribution in [-0.4, -0.2) is 64.5 Å². The Morgan fingerprint density at radius 1 is 1.13 bits per heavy atom. The Kier molecular flexibility index (Phi) is 6.11. The van der Waals surface area contributed by atoms with Crippen LogP contribution < -0.4 is 0 Å². The van der Waals surface area contributed by atoms with Crippen molar-refractivity contribution in [3.05, 3.63) is 65.7 Å². The molecule has 2 saturated heterocycles. The van der Waals surface area contributed by atoms with Crippen molar-refractivity contribution in [3.63, 3.8) is 0 Å². The van der Waals surface area contributed by atoms with Gasteiger partial charge < -0.3 is 14.4 Å². The van der Waals surface area contributed by atoms with Crippen LogP contribution in [0.4, 0.5) is 9.18 Å². The molecule has 1 aromatic carbocycles. The van der Waals surface area contributed by atoms with E-state index < -0.39 is 30.0 Å². The first-order valence-electron chi connectivity index (χ1n) is 10.1. The van der Waals surface area contributed by atoms with E-state index >= 15 is 0 Å². The summed E-state index contributed by atoms with van der Waals surface area (Å²) in [7, 11) is 0. The van der Waals surface area contributed by atoms with Crippen LogP contribution in [0.2, 0.25) is 0 Å². The maximum Gasteiger partial charge on any atom is 0.410 e. The van der Waals surface area contributed by atoms with Crippen molar-refractivity contribution in [1.29, 1.82) is 0 Å². The fourth-order valence-corrected chi connectivity index (χ4v) is 3.91. The SMILES string of the molecule is O=C(OCc1ccccc1)C1COC(=O)N1C1CCN(C(=O)c2cccnc2F)CC1. The van der Waals surface area contributed by atoms with E-state index in [4.69, 9.17) is 9.47 Å². The number of halogens is 1. The Balaban J connectivity index is 1.36. The largest absolute Gasteiger partial charge is 0.459 e. The number of nitrogens with zero attached hydrogens (tertiary/aromatic N) is 3. The molecule has 1 aromatic heterocycles. The second-order valence-corrected chi connectivity index (χ2v) is 7.46. The molecular weight excluding hydrogens is 405 g/mol. The number of likely N-dealkylation sites (tertiary alicyclic amines) is 1. The molecule has 1 atom stereocenters. The molecule has 0 radical (unpaired) electrons. The van der Waals surface area contributed by atoms with Gasteiger partial charge in [-0.15, -0.1) is 0 Å². The maximum absolute atomic E-state index is 13.8. The van der Waals surface area contributed by atoms with Gasteiger partial charge in [-0.1, -0.05) is 30.3 Å². The number of benzene rings is 1. The van der Waals surface area contributed by atoms with Crippen LogP contribution in [0, 0.1) is 5.95 Å². The van der Waals surface area contributed by atoms with E-state index in [1.54, 1.807) is 0 Å². The number of hydrogen-bond acceptors (Lipinski definition) is 6. The van der Waals surface area contributed by atoms with Gasteiger partial charge in [-0.2, -0.15) is 4.39 Å². The number of amides is 2. The molecule has 8 nitrogen and oxygen atoms in total. The van der Waals surface area contributed by atoms with E-state index in [9.17, 15) is 18.8 Å². The third-order valence-electron chi connectivity index (χ3n) is 5.54. The summed E-state index contributed by atoms with van der Waals surface area (Å²) in [5, 5.41) is 0. The van der Waals surface area contributed by atoms with Gasteiger partial charge in [0.2, 0.25) is 5.95 Å². The molecule has 0 bridgehead atoms. The first-order valence-corrected chi connectivity index (χ1v) is 10.1. The number of aromatic nitrogens is 1. The van der Waals surface area contributed by atoms with Gasteiger partial charge in [0, 0.05) is 25.3 Å². The summed E-state index contributed by atoms with van der Waals surface area (Å²) in [6, 6.07) is 11.1. The fourth-order valence-electron chi connectivity index (χ4n) is 3.91. The third kappa shape index (κ3) is 4.50. The number of piperidine rings is 1. The fraction of sp³-hybridized carbons (Fsp3) is 0.364. The van der Waals surface area contributed by atoms with E-state index in [-0.39, 0.29) is 24.8 Å². The first kappa shape index (κ1) is 20.8.